The van der Waals surface area contributed by atoms with Gasteiger partial charge in [-0.1, -0.05) is 28.1 Å². The van der Waals surface area contributed by atoms with Crippen LogP contribution in [0.25, 0.3) is 0 Å². The minimum absolute atomic E-state index is 0.321. The van der Waals surface area contributed by atoms with Crippen LogP contribution in [0.1, 0.15) is 30.6 Å². The van der Waals surface area contributed by atoms with Crippen molar-refractivity contribution in [3.63, 3.8) is 0 Å². The predicted molar refractivity (Wildman–Crippen MR) is 99.0 cm³/mol. The number of aromatic nitrogens is 3. The number of nitrogens with one attached hydrogen (secondary N) is 2. The smallest absolute Gasteiger partial charge is 0.191 e. The van der Waals surface area contributed by atoms with Gasteiger partial charge < -0.3 is 10.6 Å². The summed E-state index contributed by atoms with van der Waals surface area (Å²) in [4.78, 5) is 9.16. The minimum atomic E-state index is 0.321. The number of guanidine groups is 1. The van der Waals surface area contributed by atoms with Crippen LogP contribution in [0.3, 0.4) is 0 Å². The number of fused-ring (bicyclic) bond motifs is 1. The van der Waals surface area contributed by atoms with Crippen molar-refractivity contribution in [3.05, 3.63) is 46.0 Å². The maximum Gasteiger partial charge on any atom is 0.191 e. The van der Waals surface area contributed by atoms with Crippen molar-refractivity contribution in [2.24, 2.45) is 4.99 Å². The van der Waals surface area contributed by atoms with E-state index in [0.29, 0.717) is 12.6 Å². The second-order valence-electron chi connectivity index (χ2n) is 5.96. The van der Waals surface area contributed by atoms with Gasteiger partial charge >= 0.3 is 0 Å². The van der Waals surface area contributed by atoms with Gasteiger partial charge in [0, 0.05) is 23.5 Å². The summed E-state index contributed by atoms with van der Waals surface area (Å²) in [6, 6.07) is 8.58. The highest BCUT2D eigenvalue weighted by Gasteiger charge is 2.21. The van der Waals surface area contributed by atoms with Crippen LogP contribution in [0.2, 0.25) is 0 Å². The largest absolute Gasteiger partial charge is 0.357 e. The molecule has 6 nitrogen and oxygen atoms in total. The van der Waals surface area contributed by atoms with E-state index >= 15 is 0 Å². The summed E-state index contributed by atoms with van der Waals surface area (Å²) >= 11 is 3.46. The average molecular weight is 391 g/mol. The molecule has 24 heavy (non-hydrogen) atoms. The molecule has 0 amide bonds. The number of benzene rings is 1. The Morgan fingerprint density at radius 1 is 1.38 bits per heavy atom. The minimum Gasteiger partial charge on any atom is -0.357 e. The van der Waals surface area contributed by atoms with E-state index in [2.05, 4.69) is 55.7 Å². The second-order valence-corrected chi connectivity index (χ2v) is 6.87. The van der Waals surface area contributed by atoms with Crippen LogP contribution in [0.5, 0.6) is 0 Å². The third kappa shape index (κ3) is 4.35. The Morgan fingerprint density at radius 2 is 2.17 bits per heavy atom. The fraction of sp³-hybridized carbons (Fsp3) is 0.471. The van der Waals surface area contributed by atoms with E-state index < -0.39 is 0 Å². The molecule has 0 saturated heterocycles. The van der Waals surface area contributed by atoms with Crippen LogP contribution in [0.15, 0.2) is 33.7 Å². The van der Waals surface area contributed by atoms with Crippen molar-refractivity contribution < 1.29 is 0 Å². The van der Waals surface area contributed by atoms with Gasteiger partial charge in [0.1, 0.15) is 11.6 Å². The van der Waals surface area contributed by atoms with Gasteiger partial charge in [-0.15, -0.1) is 0 Å². The molecule has 1 aliphatic rings. The topological polar surface area (TPSA) is 67.1 Å². The Morgan fingerprint density at radius 3 is 2.92 bits per heavy atom. The number of rotatable bonds is 4. The van der Waals surface area contributed by atoms with Crippen LogP contribution in [-0.2, 0) is 19.5 Å². The highest BCUT2D eigenvalue weighted by Crippen LogP contribution is 2.13. The van der Waals surface area contributed by atoms with E-state index in [1.54, 1.807) is 0 Å². The average Bonchev–Trinajstić information content (AvgIpc) is 2.93. The maximum atomic E-state index is 4.70. The van der Waals surface area contributed by atoms with E-state index in [9.17, 15) is 0 Å². The first kappa shape index (κ1) is 17.0. The summed E-state index contributed by atoms with van der Waals surface area (Å²) < 4.78 is 3.09. The predicted octanol–water partition coefficient (Wildman–Crippen LogP) is 2.42. The van der Waals surface area contributed by atoms with Crippen molar-refractivity contribution >= 4 is 21.9 Å². The SMILES string of the molecule is CCNC(=NCc1ccc(Br)cc1)NC1CCc2nc(C)nn2C1. The molecule has 0 bridgehead atoms. The molecular weight excluding hydrogens is 368 g/mol. The van der Waals surface area contributed by atoms with Gasteiger partial charge in [0.2, 0.25) is 0 Å². The summed E-state index contributed by atoms with van der Waals surface area (Å²) in [6.45, 7) is 6.35. The first-order valence-electron chi connectivity index (χ1n) is 8.33. The Hall–Kier alpha value is -1.89. The molecule has 1 atom stereocenters. The fourth-order valence-corrected chi connectivity index (χ4v) is 3.09. The molecule has 1 aromatic carbocycles. The maximum absolute atomic E-state index is 4.70. The molecule has 7 heteroatoms. The molecule has 2 heterocycles. The molecular formula is C17H23BrN6. The van der Waals surface area contributed by atoms with E-state index in [-0.39, 0.29) is 0 Å². The number of halogens is 1. The molecule has 1 aromatic heterocycles. The van der Waals surface area contributed by atoms with Crippen molar-refractivity contribution in [1.29, 1.82) is 0 Å². The first-order valence-corrected chi connectivity index (χ1v) is 9.13. The molecule has 2 aromatic rings. The third-order valence-corrected chi connectivity index (χ3v) is 4.51. The summed E-state index contributed by atoms with van der Waals surface area (Å²) in [5.74, 6) is 2.79. The summed E-state index contributed by atoms with van der Waals surface area (Å²) in [5, 5.41) is 11.3. The van der Waals surface area contributed by atoms with Crippen molar-refractivity contribution in [1.82, 2.24) is 25.4 Å². The molecule has 3 rings (SSSR count). The van der Waals surface area contributed by atoms with E-state index in [0.717, 1.165) is 48.0 Å². The lowest BCUT2D eigenvalue weighted by Gasteiger charge is -2.25. The Balaban J connectivity index is 1.63. The summed E-state index contributed by atoms with van der Waals surface area (Å²) in [7, 11) is 0. The van der Waals surface area contributed by atoms with Gasteiger partial charge in [-0.2, -0.15) is 5.10 Å². The molecule has 0 radical (unpaired) electrons. The number of hydrogen-bond donors (Lipinski definition) is 2. The molecule has 0 aliphatic carbocycles. The number of aryl methyl sites for hydroxylation is 2. The molecule has 0 fully saturated rings. The zero-order chi connectivity index (χ0) is 16.9. The first-order chi connectivity index (χ1) is 11.6. The normalized spacial score (nSPS) is 17.5. The zero-order valence-corrected chi connectivity index (χ0v) is 15.7. The highest BCUT2D eigenvalue weighted by molar-refractivity contribution is 9.10. The van der Waals surface area contributed by atoms with E-state index in [1.165, 1.54) is 5.56 Å². The molecule has 1 aliphatic heterocycles. The summed E-state index contributed by atoms with van der Waals surface area (Å²) in [6.07, 6.45) is 1.99. The van der Waals surface area contributed by atoms with Crippen LogP contribution in [0.4, 0.5) is 0 Å². The summed E-state index contributed by atoms with van der Waals surface area (Å²) in [5.41, 5.74) is 1.19. The van der Waals surface area contributed by atoms with Crippen molar-refractivity contribution in [3.8, 4) is 0 Å². The standard InChI is InChI=1S/C17H23BrN6/c1-3-19-17(20-10-13-4-6-14(18)7-5-13)22-15-8-9-16-21-12(2)23-24(16)11-15/h4-7,15H,3,8-11H2,1-2H3,(H2,19,20,22). The Kier molecular flexibility index (Phi) is 5.50. The third-order valence-electron chi connectivity index (χ3n) is 3.98. The van der Waals surface area contributed by atoms with Crippen LogP contribution >= 0.6 is 15.9 Å². The van der Waals surface area contributed by atoms with Gasteiger partial charge in [-0.05, 0) is 38.0 Å². The number of nitrogens with zero attached hydrogens (tertiary/aromatic N) is 4. The van der Waals surface area contributed by atoms with Gasteiger partial charge in [-0.3, -0.25) is 0 Å². The van der Waals surface area contributed by atoms with Crippen LogP contribution in [0, 0.1) is 6.92 Å². The van der Waals surface area contributed by atoms with Crippen LogP contribution < -0.4 is 10.6 Å². The molecule has 0 spiro atoms. The lowest BCUT2D eigenvalue weighted by Crippen LogP contribution is -2.47. The molecule has 128 valence electrons. The van der Waals surface area contributed by atoms with E-state index in [1.807, 2.05) is 23.7 Å². The van der Waals surface area contributed by atoms with Gasteiger partial charge in [0.15, 0.2) is 5.96 Å². The highest BCUT2D eigenvalue weighted by atomic mass is 79.9. The lowest BCUT2D eigenvalue weighted by molar-refractivity contribution is 0.392. The van der Waals surface area contributed by atoms with E-state index in [4.69, 9.17) is 4.99 Å². The number of aliphatic imine (C=N–C) groups is 1. The fourth-order valence-electron chi connectivity index (χ4n) is 2.83. The second kappa shape index (κ2) is 7.79. The van der Waals surface area contributed by atoms with Gasteiger partial charge in [0.05, 0.1) is 13.1 Å². The zero-order valence-electron chi connectivity index (χ0n) is 14.1. The van der Waals surface area contributed by atoms with Crippen molar-refractivity contribution in [2.75, 3.05) is 6.54 Å². The molecule has 1 unspecified atom stereocenters. The Labute approximate surface area is 150 Å². The van der Waals surface area contributed by atoms with Gasteiger partial charge in [0.25, 0.3) is 0 Å². The molecule has 0 saturated carbocycles. The quantitative estimate of drug-likeness (QED) is 0.621. The lowest BCUT2D eigenvalue weighted by atomic mass is 10.1. The van der Waals surface area contributed by atoms with Gasteiger partial charge in [-0.25, -0.2) is 14.7 Å². The van der Waals surface area contributed by atoms with Crippen LogP contribution in [-0.4, -0.2) is 33.3 Å². The number of hydrogen-bond acceptors (Lipinski definition) is 3. The Bertz CT molecular complexity index is 706. The monoisotopic (exact) mass is 390 g/mol. The molecule has 2 N–H and O–H groups in total. The van der Waals surface area contributed by atoms with Crippen molar-refractivity contribution in [2.45, 2.75) is 45.8 Å².